The number of carbonyl (C=O) groups is 3. The first kappa shape index (κ1) is 22.7. The molecule has 178 valence electrons. The second-order valence-corrected chi connectivity index (χ2v) is 9.79. The number of anilines is 1. The van der Waals surface area contributed by atoms with Crippen LogP contribution in [0.4, 0.5) is 5.69 Å². The number of aromatic amines is 1. The molecule has 3 N–H and O–H groups in total. The Morgan fingerprint density at radius 2 is 1.94 bits per heavy atom. The van der Waals surface area contributed by atoms with E-state index in [1.54, 1.807) is 6.07 Å². The molecule has 1 saturated heterocycles. The molecule has 8 nitrogen and oxygen atoms in total. The Kier molecular flexibility index (Phi) is 5.56. The molecule has 2 aromatic carbocycles. The van der Waals surface area contributed by atoms with E-state index in [9.17, 15) is 14.4 Å². The number of amides is 3. The highest BCUT2D eigenvalue weighted by molar-refractivity contribution is 6.07. The highest BCUT2D eigenvalue weighted by Crippen LogP contribution is 2.46. The normalized spacial score (nSPS) is 21.7. The Morgan fingerprint density at radius 3 is 2.69 bits per heavy atom. The van der Waals surface area contributed by atoms with Gasteiger partial charge in [0.2, 0.25) is 5.91 Å². The van der Waals surface area contributed by atoms with Crippen LogP contribution < -0.4 is 10.6 Å². The van der Waals surface area contributed by atoms with Crippen molar-refractivity contribution in [3.8, 4) is 0 Å². The fraction of sp³-hybridized carbons (Fsp3) is 0.333. The van der Waals surface area contributed by atoms with Crippen LogP contribution in [0.5, 0.6) is 0 Å². The largest absolute Gasteiger partial charge is 0.351 e. The molecule has 2 aliphatic rings. The average Bonchev–Trinajstić information content (AvgIpc) is 3.52. The molecule has 0 radical (unpaired) electrons. The van der Waals surface area contributed by atoms with E-state index in [1.165, 1.54) is 4.90 Å². The highest BCUT2D eigenvalue weighted by Gasteiger charge is 2.59. The van der Waals surface area contributed by atoms with Gasteiger partial charge < -0.3 is 15.6 Å². The lowest BCUT2D eigenvalue weighted by Crippen LogP contribution is -2.51. The minimum absolute atomic E-state index is 0.110. The number of likely N-dealkylation sites (tertiary alicyclic amines) is 1. The van der Waals surface area contributed by atoms with E-state index in [2.05, 4.69) is 20.5 Å². The maximum absolute atomic E-state index is 13.8. The molecule has 5 rings (SSSR count). The SMILES string of the molecule is [C-]#[N+][C@@H]1C[C@@]2(CN1C(=O)[C@H](CC(C)C)NC(=O)c1cc3ccccc3[nH]1)C(=O)Nc1ccccc12. The number of H-pyrrole nitrogens is 1. The van der Waals surface area contributed by atoms with Gasteiger partial charge in [0.15, 0.2) is 0 Å². The van der Waals surface area contributed by atoms with E-state index in [0.29, 0.717) is 12.1 Å². The summed E-state index contributed by atoms with van der Waals surface area (Å²) < 4.78 is 0. The maximum atomic E-state index is 13.8. The quantitative estimate of drug-likeness (QED) is 0.497. The minimum atomic E-state index is -0.953. The Labute approximate surface area is 203 Å². The summed E-state index contributed by atoms with van der Waals surface area (Å²) in [5.41, 5.74) is 1.80. The number of aromatic nitrogens is 1. The van der Waals surface area contributed by atoms with Crippen molar-refractivity contribution < 1.29 is 14.4 Å². The van der Waals surface area contributed by atoms with Gasteiger partial charge in [0.25, 0.3) is 11.8 Å². The van der Waals surface area contributed by atoms with Crippen LogP contribution in [0.2, 0.25) is 0 Å². The number of para-hydroxylation sites is 2. The molecule has 8 heteroatoms. The topological polar surface area (TPSA) is 98.7 Å². The van der Waals surface area contributed by atoms with Gasteiger partial charge in [-0.1, -0.05) is 50.2 Å². The molecular formula is C27H27N5O3. The van der Waals surface area contributed by atoms with Crippen molar-refractivity contribution in [3.63, 3.8) is 0 Å². The zero-order chi connectivity index (χ0) is 24.7. The average molecular weight is 470 g/mol. The molecule has 0 aliphatic carbocycles. The monoisotopic (exact) mass is 469 g/mol. The molecule has 1 spiro atoms. The lowest BCUT2D eigenvalue weighted by molar-refractivity contribution is -0.134. The van der Waals surface area contributed by atoms with E-state index in [1.807, 2.05) is 62.4 Å². The number of rotatable bonds is 5. The Bertz CT molecular complexity index is 1340. The molecule has 2 aliphatic heterocycles. The van der Waals surface area contributed by atoms with E-state index < -0.39 is 17.6 Å². The van der Waals surface area contributed by atoms with Gasteiger partial charge in [-0.15, -0.1) is 0 Å². The first-order valence-electron chi connectivity index (χ1n) is 11.8. The Balaban J connectivity index is 1.42. The predicted molar refractivity (Wildman–Crippen MR) is 132 cm³/mol. The van der Waals surface area contributed by atoms with Crippen molar-refractivity contribution in [2.24, 2.45) is 5.92 Å². The number of nitrogens with one attached hydrogen (secondary N) is 3. The first-order chi connectivity index (χ1) is 16.8. The molecule has 1 aromatic heterocycles. The first-order valence-corrected chi connectivity index (χ1v) is 11.8. The molecule has 35 heavy (non-hydrogen) atoms. The lowest BCUT2D eigenvalue weighted by Gasteiger charge is -2.26. The number of benzene rings is 2. The van der Waals surface area contributed by atoms with Crippen molar-refractivity contribution in [1.82, 2.24) is 15.2 Å². The summed E-state index contributed by atoms with van der Waals surface area (Å²) in [7, 11) is 0. The standard InChI is InChI=1S/C27H27N5O3/c1-16(2)12-22(30-24(33)21-13-17-8-4-6-10-19(17)29-21)25(34)32-15-27(14-23(32)28-3)18-9-5-7-11-20(18)31-26(27)35/h4-11,13,16,22-23,29H,12,14-15H2,1-2H3,(H,30,33)(H,31,35)/t22-,23-,27-/m0/s1. The van der Waals surface area contributed by atoms with Gasteiger partial charge in [-0.3, -0.25) is 24.1 Å². The summed E-state index contributed by atoms with van der Waals surface area (Å²) in [6, 6.07) is 15.9. The van der Waals surface area contributed by atoms with Crippen molar-refractivity contribution in [2.75, 3.05) is 11.9 Å². The second kappa shape index (κ2) is 8.58. The van der Waals surface area contributed by atoms with E-state index in [0.717, 1.165) is 22.2 Å². The molecule has 1 fully saturated rings. The summed E-state index contributed by atoms with van der Waals surface area (Å²) >= 11 is 0. The number of hydrogen-bond acceptors (Lipinski definition) is 3. The molecule has 0 saturated carbocycles. The van der Waals surface area contributed by atoms with Crippen LogP contribution in [-0.4, -0.2) is 46.4 Å². The molecular weight excluding hydrogens is 442 g/mol. The highest BCUT2D eigenvalue weighted by atomic mass is 16.2. The van der Waals surface area contributed by atoms with Crippen LogP contribution in [0.3, 0.4) is 0 Å². The number of nitrogens with zero attached hydrogens (tertiary/aromatic N) is 2. The van der Waals surface area contributed by atoms with Gasteiger partial charge in [-0.2, -0.15) is 0 Å². The van der Waals surface area contributed by atoms with Gasteiger partial charge in [0, 0.05) is 23.1 Å². The predicted octanol–water partition coefficient (Wildman–Crippen LogP) is 3.68. The smallest absolute Gasteiger partial charge is 0.302 e. The van der Waals surface area contributed by atoms with Crippen LogP contribution in [0, 0.1) is 12.5 Å². The lowest BCUT2D eigenvalue weighted by atomic mass is 9.80. The van der Waals surface area contributed by atoms with E-state index in [-0.39, 0.29) is 36.6 Å². The summed E-state index contributed by atoms with van der Waals surface area (Å²) in [4.78, 5) is 48.2. The Morgan fingerprint density at radius 1 is 1.20 bits per heavy atom. The summed E-state index contributed by atoms with van der Waals surface area (Å²) in [5, 5.41) is 6.71. The second-order valence-electron chi connectivity index (χ2n) is 9.79. The number of fused-ring (bicyclic) bond motifs is 3. The van der Waals surface area contributed by atoms with Gasteiger partial charge in [-0.25, -0.2) is 6.57 Å². The van der Waals surface area contributed by atoms with Gasteiger partial charge in [-0.05, 0) is 36.1 Å². The molecule has 0 unspecified atom stereocenters. The number of carbonyl (C=O) groups excluding carboxylic acids is 3. The van der Waals surface area contributed by atoms with Gasteiger partial charge >= 0.3 is 6.17 Å². The Hall–Kier alpha value is -4.12. The van der Waals surface area contributed by atoms with Crippen molar-refractivity contribution >= 4 is 34.3 Å². The third kappa shape index (κ3) is 3.83. The van der Waals surface area contributed by atoms with E-state index in [4.69, 9.17) is 6.57 Å². The molecule has 3 atom stereocenters. The zero-order valence-electron chi connectivity index (χ0n) is 19.7. The van der Waals surface area contributed by atoms with Crippen molar-refractivity contribution in [1.29, 1.82) is 0 Å². The molecule has 3 aromatic rings. The molecule has 0 bridgehead atoms. The fourth-order valence-corrected chi connectivity index (χ4v) is 5.28. The van der Waals surface area contributed by atoms with Crippen LogP contribution in [0.25, 0.3) is 15.7 Å². The minimum Gasteiger partial charge on any atom is -0.351 e. The van der Waals surface area contributed by atoms with Crippen LogP contribution in [0.1, 0.15) is 42.7 Å². The molecule has 3 amide bonds. The fourth-order valence-electron chi connectivity index (χ4n) is 5.28. The van der Waals surface area contributed by atoms with Crippen molar-refractivity contribution in [2.45, 2.75) is 44.3 Å². The third-order valence-electron chi connectivity index (χ3n) is 6.97. The third-order valence-corrected chi connectivity index (χ3v) is 6.97. The van der Waals surface area contributed by atoms with E-state index >= 15 is 0 Å². The van der Waals surface area contributed by atoms with Gasteiger partial charge in [0.05, 0.1) is 6.42 Å². The molecule has 3 heterocycles. The maximum Gasteiger partial charge on any atom is 0.302 e. The van der Waals surface area contributed by atoms with Crippen LogP contribution in [0.15, 0.2) is 54.6 Å². The van der Waals surface area contributed by atoms with Crippen LogP contribution in [-0.2, 0) is 15.0 Å². The number of hydrogen-bond donors (Lipinski definition) is 3. The van der Waals surface area contributed by atoms with Gasteiger partial charge in [0.1, 0.15) is 17.2 Å². The zero-order valence-corrected chi connectivity index (χ0v) is 19.7. The summed E-state index contributed by atoms with van der Waals surface area (Å²) in [6.45, 7) is 11.8. The van der Waals surface area contributed by atoms with Crippen LogP contribution >= 0.6 is 0 Å². The van der Waals surface area contributed by atoms with Crippen molar-refractivity contribution in [3.05, 3.63) is 77.3 Å². The summed E-state index contributed by atoms with van der Waals surface area (Å²) in [5.74, 6) is -0.772. The summed E-state index contributed by atoms with van der Waals surface area (Å²) in [6.07, 6.45) is -0.129.